The van der Waals surface area contributed by atoms with Crippen molar-refractivity contribution in [3.63, 3.8) is 0 Å². The molecule has 0 bridgehead atoms. The van der Waals surface area contributed by atoms with E-state index in [-0.39, 0.29) is 19.4 Å². The van der Waals surface area contributed by atoms with Gasteiger partial charge in [-0.15, -0.1) is 0 Å². The molecule has 1 N–H and O–H groups in total. The van der Waals surface area contributed by atoms with E-state index in [1.54, 1.807) is 24.3 Å². The number of aliphatic hydroxyl groups excluding tert-OH is 1. The monoisotopic (exact) mass is 305 g/mol. The van der Waals surface area contributed by atoms with Crippen LogP contribution in [0.2, 0.25) is 0 Å². The van der Waals surface area contributed by atoms with Gasteiger partial charge in [0.1, 0.15) is 12.3 Å². The lowest BCUT2D eigenvalue weighted by Gasteiger charge is -2.23. The summed E-state index contributed by atoms with van der Waals surface area (Å²) in [6.07, 6.45) is -4.27. The van der Waals surface area contributed by atoms with E-state index in [9.17, 15) is 18.0 Å². The number of amides is 1. The van der Waals surface area contributed by atoms with Crippen molar-refractivity contribution >= 4 is 5.91 Å². The van der Waals surface area contributed by atoms with E-state index in [1.807, 2.05) is 0 Å². The quantitative estimate of drug-likeness (QED) is 0.838. The number of aryl methyl sites for hydroxylation is 1. The fourth-order valence-corrected chi connectivity index (χ4v) is 1.94. The van der Waals surface area contributed by atoms with E-state index < -0.39 is 25.2 Å². The van der Waals surface area contributed by atoms with Gasteiger partial charge in [0, 0.05) is 13.0 Å². The van der Waals surface area contributed by atoms with Crippen LogP contribution in [0.4, 0.5) is 13.2 Å². The predicted octanol–water partition coefficient (Wildman–Crippen LogP) is 2.01. The second kappa shape index (κ2) is 7.87. The van der Waals surface area contributed by atoms with Crippen molar-refractivity contribution in [2.75, 3.05) is 26.8 Å². The van der Waals surface area contributed by atoms with Crippen LogP contribution >= 0.6 is 0 Å². The van der Waals surface area contributed by atoms with Gasteiger partial charge < -0.3 is 14.7 Å². The highest BCUT2D eigenvalue weighted by molar-refractivity contribution is 5.76. The number of para-hydroxylation sites is 1. The first-order valence-corrected chi connectivity index (χ1v) is 6.44. The minimum Gasteiger partial charge on any atom is -0.496 e. The number of hydrogen-bond acceptors (Lipinski definition) is 3. The van der Waals surface area contributed by atoms with Gasteiger partial charge in [-0.3, -0.25) is 4.79 Å². The molecule has 1 aromatic rings. The molecule has 0 atom stereocenters. The van der Waals surface area contributed by atoms with Gasteiger partial charge in [0.2, 0.25) is 5.91 Å². The lowest BCUT2D eigenvalue weighted by Crippen LogP contribution is -2.40. The van der Waals surface area contributed by atoms with Crippen molar-refractivity contribution in [1.29, 1.82) is 0 Å². The largest absolute Gasteiger partial charge is 0.496 e. The summed E-state index contributed by atoms with van der Waals surface area (Å²) in [7, 11) is 1.49. The zero-order chi connectivity index (χ0) is 15.9. The molecule has 7 heteroatoms. The van der Waals surface area contributed by atoms with Crippen LogP contribution in [0.5, 0.6) is 5.75 Å². The number of rotatable bonds is 7. The Balaban J connectivity index is 2.65. The Hall–Kier alpha value is -1.76. The molecule has 0 unspecified atom stereocenters. The summed E-state index contributed by atoms with van der Waals surface area (Å²) in [4.78, 5) is 12.5. The Labute approximate surface area is 121 Å². The Morgan fingerprint density at radius 3 is 2.57 bits per heavy atom. The van der Waals surface area contributed by atoms with Crippen LogP contribution in [-0.4, -0.2) is 48.9 Å². The van der Waals surface area contributed by atoms with E-state index in [2.05, 4.69) is 0 Å². The number of benzene rings is 1. The maximum Gasteiger partial charge on any atom is 0.406 e. The molecule has 0 aliphatic carbocycles. The van der Waals surface area contributed by atoms with Gasteiger partial charge in [-0.2, -0.15) is 13.2 Å². The number of hydrogen-bond donors (Lipinski definition) is 1. The molecule has 0 fully saturated rings. The molecule has 4 nitrogen and oxygen atoms in total. The van der Waals surface area contributed by atoms with Crippen LogP contribution in [0.1, 0.15) is 12.0 Å². The fraction of sp³-hybridized carbons (Fsp3) is 0.500. The summed E-state index contributed by atoms with van der Waals surface area (Å²) >= 11 is 0. The van der Waals surface area contributed by atoms with E-state index >= 15 is 0 Å². The molecule has 0 heterocycles. The average molecular weight is 305 g/mol. The van der Waals surface area contributed by atoms with Crippen molar-refractivity contribution in [2.24, 2.45) is 0 Å². The number of carbonyl (C=O) groups is 1. The van der Waals surface area contributed by atoms with Crippen molar-refractivity contribution in [2.45, 2.75) is 19.0 Å². The summed E-state index contributed by atoms with van der Waals surface area (Å²) in [5.41, 5.74) is 0.754. The van der Waals surface area contributed by atoms with Gasteiger partial charge in [-0.1, -0.05) is 18.2 Å². The zero-order valence-corrected chi connectivity index (χ0v) is 11.7. The number of methoxy groups -OCH3 is 1. The molecule has 0 spiro atoms. The number of carbonyl (C=O) groups excluding carboxylic acids is 1. The van der Waals surface area contributed by atoms with Gasteiger partial charge in [0.05, 0.1) is 13.7 Å². The van der Waals surface area contributed by atoms with Crippen molar-refractivity contribution in [3.05, 3.63) is 29.8 Å². The average Bonchev–Trinajstić information content (AvgIpc) is 2.43. The molecular formula is C14H18F3NO3. The van der Waals surface area contributed by atoms with E-state index in [0.29, 0.717) is 10.6 Å². The molecule has 0 saturated heterocycles. The second-order valence-corrected chi connectivity index (χ2v) is 4.47. The second-order valence-electron chi connectivity index (χ2n) is 4.47. The Bertz CT molecular complexity index is 463. The highest BCUT2D eigenvalue weighted by atomic mass is 19.4. The third-order valence-electron chi connectivity index (χ3n) is 2.89. The topological polar surface area (TPSA) is 49.8 Å². The minimum absolute atomic E-state index is 0.0730. The van der Waals surface area contributed by atoms with Gasteiger partial charge in [0.25, 0.3) is 0 Å². The highest BCUT2D eigenvalue weighted by Gasteiger charge is 2.32. The van der Waals surface area contributed by atoms with E-state index in [0.717, 1.165) is 5.56 Å². The molecule has 21 heavy (non-hydrogen) atoms. The molecule has 0 saturated carbocycles. The molecule has 0 aliphatic rings. The first-order chi connectivity index (χ1) is 9.87. The normalized spacial score (nSPS) is 11.3. The molecule has 1 aromatic carbocycles. The number of nitrogens with zero attached hydrogens (tertiary/aromatic N) is 1. The molecule has 0 radical (unpaired) electrons. The van der Waals surface area contributed by atoms with Crippen LogP contribution in [0.15, 0.2) is 24.3 Å². The third kappa shape index (κ3) is 6.03. The SMILES string of the molecule is COc1ccccc1CCC(=O)N(CCO)CC(F)(F)F. The standard InChI is InChI=1S/C14H18F3NO3/c1-21-12-5-3-2-4-11(12)6-7-13(20)18(8-9-19)10-14(15,16)17/h2-5,19H,6-10H2,1H3. The van der Waals surface area contributed by atoms with Gasteiger partial charge >= 0.3 is 6.18 Å². The fourth-order valence-electron chi connectivity index (χ4n) is 1.94. The lowest BCUT2D eigenvalue weighted by molar-refractivity contribution is -0.162. The van der Waals surface area contributed by atoms with E-state index in [1.165, 1.54) is 7.11 Å². The Morgan fingerprint density at radius 2 is 2.00 bits per heavy atom. The third-order valence-corrected chi connectivity index (χ3v) is 2.89. The van der Waals surface area contributed by atoms with Gasteiger partial charge in [-0.05, 0) is 18.1 Å². The molecular weight excluding hydrogens is 287 g/mol. The maximum absolute atomic E-state index is 12.4. The minimum atomic E-state index is -4.48. The van der Waals surface area contributed by atoms with Crippen LogP contribution < -0.4 is 4.74 Å². The van der Waals surface area contributed by atoms with Crippen LogP contribution in [0, 0.1) is 0 Å². The van der Waals surface area contributed by atoms with E-state index in [4.69, 9.17) is 9.84 Å². The summed E-state index contributed by atoms with van der Waals surface area (Å²) < 4.78 is 42.2. The summed E-state index contributed by atoms with van der Waals surface area (Å²) in [6, 6.07) is 7.02. The lowest BCUT2D eigenvalue weighted by atomic mass is 10.1. The Kier molecular flexibility index (Phi) is 6.48. The van der Waals surface area contributed by atoms with Gasteiger partial charge in [0.15, 0.2) is 0 Å². The van der Waals surface area contributed by atoms with Crippen LogP contribution in [-0.2, 0) is 11.2 Å². The Morgan fingerprint density at radius 1 is 1.33 bits per heavy atom. The molecule has 0 aliphatic heterocycles. The summed E-state index contributed by atoms with van der Waals surface area (Å²) in [5, 5.41) is 8.77. The highest BCUT2D eigenvalue weighted by Crippen LogP contribution is 2.20. The molecule has 118 valence electrons. The van der Waals surface area contributed by atoms with Gasteiger partial charge in [-0.25, -0.2) is 0 Å². The number of alkyl halides is 3. The van der Waals surface area contributed by atoms with Crippen molar-refractivity contribution in [1.82, 2.24) is 4.90 Å². The summed E-state index contributed by atoms with van der Waals surface area (Å²) in [5.74, 6) is -0.0536. The first kappa shape index (κ1) is 17.3. The molecule has 0 aromatic heterocycles. The van der Waals surface area contributed by atoms with Crippen molar-refractivity contribution in [3.8, 4) is 5.75 Å². The predicted molar refractivity (Wildman–Crippen MR) is 71.0 cm³/mol. The maximum atomic E-state index is 12.4. The number of ether oxygens (including phenoxy) is 1. The number of aliphatic hydroxyl groups is 1. The molecule has 1 amide bonds. The van der Waals surface area contributed by atoms with Crippen LogP contribution in [0.25, 0.3) is 0 Å². The zero-order valence-electron chi connectivity index (χ0n) is 11.7. The molecule has 1 rings (SSSR count). The number of halogens is 3. The summed E-state index contributed by atoms with van der Waals surface area (Å²) in [6.45, 7) is -2.18. The first-order valence-electron chi connectivity index (χ1n) is 6.44. The van der Waals surface area contributed by atoms with Crippen molar-refractivity contribution < 1.29 is 27.8 Å². The smallest absolute Gasteiger partial charge is 0.406 e. The van der Waals surface area contributed by atoms with Crippen LogP contribution in [0.3, 0.4) is 0 Å².